The van der Waals surface area contributed by atoms with E-state index in [2.05, 4.69) is 0 Å². The molecule has 1 aromatic rings. The van der Waals surface area contributed by atoms with Crippen LogP contribution < -0.4 is 0 Å². The number of phenols is 1. The van der Waals surface area contributed by atoms with Crippen LogP contribution in [0.25, 0.3) is 0 Å². The number of Topliss-reactive ketones (excluding diaryl/α,β-unsaturated/α-hetero) is 1. The first kappa shape index (κ1) is 12.6. The summed E-state index contributed by atoms with van der Waals surface area (Å²) < 4.78 is 0. The minimum absolute atomic E-state index is 0. The number of aliphatic hydroxyl groups excluding tert-OH is 2. The van der Waals surface area contributed by atoms with Crippen LogP contribution in [0.2, 0.25) is 0 Å². The Morgan fingerprint density at radius 1 is 1.36 bits per heavy atom. The van der Waals surface area contributed by atoms with Crippen molar-refractivity contribution in [3.8, 4) is 5.75 Å². The van der Waals surface area contributed by atoms with Crippen LogP contribution in [-0.4, -0.2) is 39.3 Å². The summed E-state index contributed by atoms with van der Waals surface area (Å²) in [5, 5.41) is 26.7. The Hall–Kier alpha value is -1.43. The maximum atomic E-state index is 11.2. The molecule has 78 valence electrons. The van der Waals surface area contributed by atoms with Crippen LogP contribution in [0.3, 0.4) is 0 Å². The van der Waals surface area contributed by atoms with Gasteiger partial charge in [0.05, 0.1) is 12.2 Å². The summed E-state index contributed by atoms with van der Waals surface area (Å²) in [4.78, 5) is 11.2. The van der Waals surface area contributed by atoms with Crippen molar-refractivity contribution in [3.05, 3.63) is 29.8 Å². The molecule has 0 aliphatic rings. The third-order valence-electron chi connectivity index (χ3n) is 1.65. The largest absolute Gasteiger partial charge is 0.507 e. The smallest absolute Gasteiger partial charge is 0.197 e. The van der Waals surface area contributed by atoms with Crippen LogP contribution in [0.4, 0.5) is 0 Å². The minimum atomic E-state index is -1.46. The first-order chi connectivity index (χ1) is 6.16. The predicted molar refractivity (Wildman–Crippen MR) is 49.1 cm³/mol. The Morgan fingerprint density at radius 3 is 2.43 bits per heavy atom. The van der Waals surface area contributed by atoms with Gasteiger partial charge >= 0.3 is 0 Å². The molecule has 5 heteroatoms. The van der Waals surface area contributed by atoms with Crippen molar-refractivity contribution >= 4 is 5.78 Å². The van der Waals surface area contributed by atoms with Crippen molar-refractivity contribution in [2.24, 2.45) is 0 Å². The van der Waals surface area contributed by atoms with Gasteiger partial charge in [-0.15, -0.1) is 0 Å². The molecule has 0 heterocycles. The van der Waals surface area contributed by atoms with E-state index in [9.17, 15) is 9.90 Å². The number of carbonyl (C=O) groups excluding carboxylic acids is 1. The molecule has 0 saturated heterocycles. The van der Waals surface area contributed by atoms with Crippen LogP contribution in [0, 0.1) is 0 Å². The highest BCUT2D eigenvalue weighted by molar-refractivity contribution is 6.01. The van der Waals surface area contributed by atoms with Gasteiger partial charge in [-0.3, -0.25) is 4.79 Å². The van der Waals surface area contributed by atoms with Gasteiger partial charge in [-0.1, -0.05) is 12.1 Å². The standard InChI is InChI=1S/C9H10O4.H2O/c10-5-8(12)9(13)6-3-1-2-4-7(6)11;/h1-4,8,10-12H,5H2;1H2. The van der Waals surface area contributed by atoms with Crippen LogP contribution >= 0.6 is 0 Å². The molecule has 5 nitrogen and oxygen atoms in total. The zero-order valence-corrected chi connectivity index (χ0v) is 7.34. The van der Waals surface area contributed by atoms with Gasteiger partial charge in [0.2, 0.25) is 0 Å². The monoisotopic (exact) mass is 200 g/mol. The van der Waals surface area contributed by atoms with Gasteiger partial charge < -0.3 is 20.8 Å². The molecule has 0 spiro atoms. The highest BCUT2D eigenvalue weighted by Crippen LogP contribution is 2.17. The Kier molecular flexibility index (Phi) is 4.79. The molecular weight excluding hydrogens is 188 g/mol. The van der Waals surface area contributed by atoms with Crippen molar-refractivity contribution < 1.29 is 25.6 Å². The topological polar surface area (TPSA) is 109 Å². The molecular formula is C9H12O5. The van der Waals surface area contributed by atoms with Crippen LogP contribution in [0.5, 0.6) is 5.75 Å². The molecule has 0 aromatic heterocycles. The van der Waals surface area contributed by atoms with Crippen molar-refractivity contribution in [1.29, 1.82) is 0 Å². The Balaban J connectivity index is 0.00000169. The first-order valence-corrected chi connectivity index (χ1v) is 3.78. The van der Waals surface area contributed by atoms with Gasteiger partial charge in [0, 0.05) is 0 Å². The molecule has 1 unspecified atom stereocenters. The molecule has 0 fully saturated rings. The first-order valence-electron chi connectivity index (χ1n) is 3.78. The van der Waals surface area contributed by atoms with E-state index in [1.165, 1.54) is 12.1 Å². The number of hydrogen-bond donors (Lipinski definition) is 3. The van der Waals surface area contributed by atoms with E-state index >= 15 is 0 Å². The summed E-state index contributed by atoms with van der Waals surface area (Å²) in [6.07, 6.45) is -1.46. The molecule has 0 radical (unpaired) electrons. The average Bonchev–Trinajstić information content (AvgIpc) is 2.16. The lowest BCUT2D eigenvalue weighted by molar-refractivity contribution is 0.0585. The van der Waals surface area contributed by atoms with Gasteiger partial charge in [-0.25, -0.2) is 0 Å². The van der Waals surface area contributed by atoms with E-state index in [1.54, 1.807) is 12.1 Å². The Labute approximate surface area is 80.6 Å². The third kappa shape index (κ3) is 2.53. The molecule has 0 saturated carbocycles. The van der Waals surface area contributed by atoms with E-state index in [1.807, 2.05) is 0 Å². The maximum Gasteiger partial charge on any atom is 0.197 e. The molecule has 1 atom stereocenters. The third-order valence-corrected chi connectivity index (χ3v) is 1.65. The molecule has 1 rings (SSSR count). The van der Waals surface area contributed by atoms with E-state index in [4.69, 9.17) is 10.2 Å². The van der Waals surface area contributed by atoms with Crippen LogP contribution in [0.1, 0.15) is 10.4 Å². The number of rotatable bonds is 3. The lowest BCUT2D eigenvalue weighted by Crippen LogP contribution is -2.24. The fourth-order valence-electron chi connectivity index (χ4n) is 0.944. The summed E-state index contributed by atoms with van der Waals surface area (Å²) in [6, 6.07) is 5.86. The average molecular weight is 200 g/mol. The van der Waals surface area contributed by atoms with E-state index < -0.39 is 18.5 Å². The quantitative estimate of drug-likeness (QED) is 0.549. The maximum absolute atomic E-state index is 11.2. The second-order valence-electron chi connectivity index (χ2n) is 2.58. The number of aliphatic hydroxyl groups is 2. The molecule has 0 amide bonds. The summed E-state index contributed by atoms with van der Waals surface area (Å²) in [5.74, 6) is -0.874. The number of ketones is 1. The SMILES string of the molecule is O.O=C(c1ccccc1O)C(O)CO. The Bertz CT molecular complexity index is 310. The number of phenolic OH excluding ortho intramolecular Hbond substituents is 1. The van der Waals surface area contributed by atoms with Crippen molar-refractivity contribution in [2.45, 2.75) is 6.10 Å². The van der Waals surface area contributed by atoms with Crippen molar-refractivity contribution in [2.75, 3.05) is 6.61 Å². The van der Waals surface area contributed by atoms with Gasteiger partial charge in [0.1, 0.15) is 11.9 Å². The molecule has 5 N–H and O–H groups in total. The highest BCUT2D eigenvalue weighted by Gasteiger charge is 2.18. The highest BCUT2D eigenvalue weighted by atomic mass is 16.3. The van der Waals surface area contributed by atoms with Gasteiger partial charge in [-0.05, 0) is 12.1 Å². The lowest BCUT2D eigenvalue weighted by atomic mass is 10.1. The van der Waals surface area contributed by atoms with Gasteiger partial charge in [0.25, 0.3) is 0 Å². The number of para-hydroxylation sites is 1. The fraction of sp³-hybridized carbons (Fsp3) is 0.222. The normalized spacial score (nSPS) is 11.6. The molecule has 0 aliphatic heterocycles. The predicted octanol–water partition coefficient (Wildman–Crippen LogP) is -0.897. The van der Waals surface area contributed by atoms with Crippen LogP contribution in [0.15, 0.2) is 24.3 Å². The summed E-state index contributed by atoms with van der Waals surface area (Å²) in [5.41, 5.74) is 0.0176. The summed E-state index contributed by atoms with van der Waals surface area (Å²) in [6.45, 7) is -0.646. The van der Waals surface area contributed by atoms with Crippen molar-refractivity contribution in [1.82, 2.24) is 0 Å². The van der Waals surface area contributed by atoms with Gasteiger partial charge in [0.15, 0.2) is 5.78 Å². The fourth-order valence-corrected chi connectivity index (χ4v) is 0.944. The zero-order chi connectivity index (χ0) is 9.84. The molecule has 0 bridgehead atoms. The molecule has 1 aromatic carbocycles. The number of benzene rings is 1. The lowest BCUT2D eigenvalue weighted by Gasteiger charge is -2.06. The molecule has 14 heavy (non-hydrogen) atoms. The van der Waals surface area contributed by atoms with Gasteiger partial charge in [-0.2, -0.15) is 0 Å². The summed E-state index contributed by atoms with van der Waals surface area (Å²) >= 11 is 0. The Morgan fingerprint density at radius 2 is 1.93 bits per heavy atom. The van der Waals surface area contributed by atoms with Crippen LogP contribution in [-0.2, 0) is 0 Å². The number of hydrogen-bond acceptors (Lipinski definition) is 4. The minimum Gasteiger partial charge on any atom is -0.507 e. The second-order valence-corrected chi connectivity index (χ2v) is 2.58. The van der Waals surface area contributed by atoms with E-state index in [-0.39, 0.29) is 16.8 Å². The number of aromatic hydroxyl groups is 1. The van der Waals surface area contributed by atoms with Crippen molar-refractivity contribution in [3.63, 3.8) is 0 Å². The summed E-state index contributed by atoms with van der Waals surface area (Å²) in [7, 11) is 0. The van der Waals surface area contributed by atoms with E-state index in [0.29, 0.717) is 0 Å². The van der Waals surface area contributed by atoms with E-state index in [0.717, 1.165) is 0 Å². The molecule has 0 aliphatic carbocycles. The zero-order valence-electron chi connectivity index (χ0n) is 7.34. The number of carbonyl (C=O) groups is 1. The second kappa shape index (κ2) is 5.33.